The van der Waals surface area contributed by atoms with Crippen LogP contribution in [-0.2, 0) is 0 Å². The maximum atomic E-state index is 5.27. The van der Waals surface area contributed by atoms with Gasteiger partial charge >= 0.3 is 0 Å². The number of aromatic nitrogens is 3. The number of anilines is 1. The Hall–Kier alpha value is -1.95. The molecule has 2 aromatic heterocycles. The van der Waals surface area contributed by atoms with Gasteiger partial charge in [0.2, 0.25) is 0 Å². The molecule has 128 valence electrons. The zero-order valence-corrected chi connectivity index (χ0v) is 14.5. The van der Waals surface area contributed by atoms with E-state index in [1.54, 1.807) is 0 Å². The molecule has 0 amide bonds. The Kier molecular flexibility index (Phi) is 4.22. The molecule has 0 spiro atoms. The highest BCUT2D eigenvalue weighted by atomic mass is 16.5. The highest BCUT2D eigenvalue weighted by Gasteiger charge is 2.30. The van der Waals surface area contributed by atoms with E-state index in [9.17, 15) is 0 Å². The molecule has 0 aliphatic carbocycles. The lowest BCUT2D eigenvalue weighted by Gasteiger charge is -2.39. The summed E-state index contributed by atoms with van der Waals surface area (Å²) in [5, 5.41) is 3.87. The van der Waals surface area contributed by atoms with Gasteiger partial charge in [-0.15, -0.1) is 0 Å². The lowest BCUT2D eigenvalue weighted by molar-refractivity contribution is 0.163. The third-order valence-corrected chi connectivity index (χ3v) is 5.38. The van der Waals surface area contributed by atoms with E-state index in [-0.39, 0.29) is 0 Å². The molecular formula is C18H25N5O. The Balaban J connectivity index is 1.44. The van der Waals surface area contributed by atoms with Crippen molar-refractivity contribution in [3.63, 3.8) is 0 Å². The summed E-state index contributed by atoms with van der Waals surface area (Å²) in [6.07, 6.45) is 6.98. The molecule has 0 bridgehead atoms. The number of rotatable bonds is 3. The minimum absolute atomic E-state index is 0.567. The van der Waals surface area contributed by atoms with Gasteiger partial charge in [0.25, 0.3) is 5.89 Å². The van der Waals surface area contributed by atoms with Gasteiger partial charge in [0.15, 0.2) is 5.82 Å². The Morgan fingerprint density at radius 2 is 2.00 bits per heavy atom. The summed E-state index contributed by atoms with van der Waals surface area (Å²) in [5.41, 5.74) is 0.941. The maximum absolute atomic E-state index is 5.27. The van der Waals surface area contributed by atoms with Gasteiger partial charge in [-0.2, -0.15) is 4.98 Å². The quantitative estimate of drug-likeness (QED) is 0.864. The fourth-order valence-corrected chi connectivity index (χ4v) is 4.06. The lowest BCUT2D eigenvalue weighted by atomic mass is 10.0. The van der Waals surface area contributed by atoms with E-state index < -0.39 is 0 Å². The fraction of sp³-hybridized carbons (Fsp3) is 0.611. The number of pyridine rings is 1. The summed E-state index contributed by atoms with van der Waals surface area (Å²) in [7, 11) is 0. The SMILES string of the molecule is Cc1noc(-c2ccnc(N3CCC(N4CCCC4C)CC3)c2)n1. The van der Waals surface area contributed by atoms with Crippen molar-refractivity contribution in [2.24, 2.45) is 0 Å². The van der Waals surface area contributed by atoms with Gasteiger partial charge in [-0.05, 0) is 58.2 Å². The van der Waals surface area contributed by atoms with Crippen LogP contribution in [0.15, 0.2) is 22.9 Å². The van der Waals surface area contributed by atoms with Crippen molar-refractivity contribution in [3.8, 4) is 11.5 Å². The first kappa shape index (κ1) is 15.6. The van der Waals surface area contributed by atoms with Crippen molar-refractivity contribution in [1.29, 1.82) is 0 Å². The Bertz CT molecular complexity index is 692. The molecule has 0 aromatic carbocycles. The van der Waals surface area contributed by atoms with E-state index in [0.29, 0.717) is 11.7 Å². The molecule has 2 aliphatic heterocycles. The number of hydrogen-bond donors (Lipinski definition) is 0. The van der Waals surface area contributed by atoms with Gasteiger partial charge in [-0.3, -0.25) is 4.90 Å². The van der Waals surface area contributed by atoms with Gasteiger partial charge in [-0.1, -0.05) is 5.16 Å². The van der Waals surface area contributed by atoms with Crippen LogP contribution in [0.25, 0.3) is 11.5 Å². The summed E-state index contributed by atoms with van der Waals surface area (Å²) in [6.45, 7) is 7.60. The molecule has 4 heterocycles. The molecule has 2 aliphatic rings. The largest absolute Gasteiger partial charge is 0.356 e. The zero-order chi connectivity index (χ0) is 16.5. The second-order valence-electron chi connectivity index (χ2n) is 7.00. The zero-order valence-electron chi connectivity index (χ0n) is 14.5. The summed E-state index contributed by atoms with van der Waals surface area (Å²) in [4.78, 5) is 14.0. The van der Waals surface area contributed by atoms with Gasteiger partial charge < -0.3 is 9.42 Å². The number of hydrogen-bond acceptors (Lipinski definition) is 6. The smallest absolute Gasteiger partial charge is 0.258 e. The van der Waals surface area contributed by atoms with E-state index in [0.717, 1.165) is 36.6 Å². The molecule has 2 fully saturated rings. The van der Waals surface area contributed by atoms with Gasteiger partial charge in [0, 0.05) is 36.9 Å². The predicted molar refractivity (Wildman–Crippen MR) is 92.9 cm³/mol. The number of likely N-dealkylation sites (tertiary alicyclic amines) is 1. The van der Waals surface area contributed by atoms with Crippen molar-refractivity contribution in [3.05, 3.63) is 24.2 Å². The average Bonchev–Trinajstić information content (AvgIpc) is 3.24. The molecule has 0 radical (unpaired) electrons. The van der Waals surface area contributed by atoms with Crippen LogP contribution in [0.5, 0.6) is 0 Å². The van der Waals surface area contributed by atoms with Crippen molar-refractivity contribution < 1.29 is 4.52 Å². The van der Waals surface area contributed by atoms with Crippen LogP contribution in [0.4, 0.5) is 5.82 Å². The van der Waals surface area contributed by atoms with Crippen LogP contribution in [0.1, 0.15) is 38.4 Å². The third kappa shape index (κ3) is 3.02. The molecule has 2 saturated heterocycles. The summed E-state index contributed by atoms with van der Waals surface area (Å²) in [6, 6.07) is 5.48. The van der Waals surface area contributed by atoms with E-state index in [2.05, 4.69) is 37.9 Å². The second kappa shape index (κ2) is 6.51. The molecule has 6 heteroatoms. The first-order chi connectivity index (χ1) is 11.7. The van der Waals surface area contributed by atoms with Crippen LogP contribution < -0.4 is 4.90 Å². The van der Waals surface area contributed by atoms with E-state index in [1.165, 1.54) is 32.2 Å². The maximum Gasteiger partial charge on any atom is 0.258 e. The van der Waals surface area contributed by atoms with E-state index in [1.807, 2.05) is 19.2 Å². The molecule has 1 unspecified atom stereocenters. The first-order valence-electron chi connectivity index (χ1n) is 8.98. The van der Waals surface area contributed by atoms with Crippen molar-refractivity contribution in [1.82, 2.24) is 20.0 Å². The topological polar surface area (TPSA) is 58.3 Å². The number of nitrogens with zero attached hydrogens (tertiary/aromatic N) is 5. The van der Waals surface area contributed by atoms with Gasteiger partial charge in [0.05, 0.1) is 0 Å². The molecule has 24 heavy (non-hydrogen) atoms. The summed E-state index contributed by atoms with van der Waals surface area (Å²) in [5.74, 6) is 2.23. The Morgan fingerprint density at radius 1 is 1.17 bits per heavy atom. The Labute approximate surface area is 142 Å². The van der Waals surface area contributed by atoms with Gasteiger partial charge in [-0.25, -0.2) is 4.98 Å². The van der Waals surface area contributed by atoms with Crippen LogP contribution in [0, 0.1) is 6.92 Å². The molecule has 1 atom stereocenters. The summed E-state index contributed by atoms with van der Waals surface area (Å²) >= 11 is 0. The monoisotopic (exact) mass is 327 g/mol. The normalized spacial score (nSPS) is 23.1. The summed E-state index contributed by atoms with van der Waals surface area (Å²) < 4.78 is 5.27. The molecule has 0 saturated carbocycles. The van der Waals surface area contributed by atoms with Crippen molar-refractivity contribution >= 4 is 5.82 Å². The average molecular weight is 327 g/mol. The number of piperidine rings is 1. The predicted octanol–water partition coefficient (Wildman–Crippen LogP) is 2.89. The van der Waals surface area contributed by atoms with Gasteiger partial charge in [0.1, 0.15) is 5.82 Å². The molecular weight excluding hydrogens is 302 g/mol. The fourth-order valence-electron chi connectivity index (χ4n) is 4.06. The molecule has 6 nitrogen and oxygen atoms in total. The van der Waals surface area contributed by atoms with Crippen LogP contribution in [0.2, 0.25) is 0 Å². The van der Waals surface area contributed by atoms with E-state index in [4.69, 9.17) is 4.52 Å². The van der Waals surface area contributed by atoms with Crippen molar-refractivity contribution in [2.45, 2.75) is 51.6 Å². The number of aryl methyl sites for hydroxylation is 1. The molecule has 0 N–H and O–H groups in total. The lowest BCUT2D eigenvalue weighted by Crippen LogP contribution is -2.46. The minimum Gasteiger partial charge on any atom is -0.356 e. The highest BCUT2D eigenvalue weighted by molar-refractivity contribution is 5.58. The van der Waals surface area contributed by atoms with Crippen molar-refractivity contribution in [2.75, 3.05) is 24.5 Å². The van der Waals surface area contributed by atoms with Crippen LogP contribution in [0.3, 0.4) is 0 Å². The Morgan fingerprint density at radius 3 is 2.67 bits per heavy atom. The van der Waals surface area contributed by atoms with Crippen LogP contribution in [-0.4, -0.2) is 51.7 Å². The standard InChI is InChI=1S/C18H25N5O/c1-13-4-3-9-23(13)16-6-10-22(11-7-16)17-12-15(5-8-19-17)18-20-14(2)21-24-18/h5,8,12-13,16H,3-4,6-7,9-11H2,1-2H3. The molecule has 2 aromatic rings. The second-order valence-corrected chi connectivity index (χ2v) is 7.00. The van der Waals surface area contributed by atoms with Crippen LogP contribution >= 0.6 is 0 Å². The minimum atomic E-state index is 0.567. The highest BCUT2D eigenvalue weighted by Crippen LogP contribution is 2.28. The van der Waals surface area contributed by atoms with E-state index >= 15 is 0 Å². The first-order valence-corrected chi connectivity index (χ1v) is 8.98. The third-order valence-electron chi connectivity index (χ3n) is 5.38. The molecule has 4 rings (SSSR count).